The molecule has 1 aromatic rings. The molecule has 0 spiro atoms. The molecule has 2 amide bonds. The second kappa shape index (κ2) is 6.81. The lowest BCUT2D eigenvalue weighted by molar-refractivity contribution is -0.147. The zero-order valence-corrected chi connectivity index (χ0v) is 14.4. The molecule has 24 heavy (non-hydrogen) atoms. The van der Waals surface area contributed by atoms with Crippen molar-refractivity contribution in [1.29, 1.82) is 0 Å². The van der Waals surface area contributed by atoms with Crippen molar-refractivity contribution in [3.05, 3.63) is 24.3 Å². The molecular weight excluding hydrogens is 308 g/mol. The molecule has 1 aromatic carbocycles. The topological polar surface area (TPSA) is 59.1 Å². The second-order valence-corrected chi connectivity index (χ2v) is 6.58. The maximum atomic E-state index is 12.8. The van der Waals surface area contributed by atoms with Crippen LogP contribution >= 0.6 is 0 Å². The Kier molecular flexibility index (Phi) is 4.76. The fraction of sp³-hybridized carbons (Fsp3) is 0.556. The van der Waals surface area contributed by atoms with E-state index in [1.807, 2.05) is 43.0 Å². The third-order valence-electron chi connectivity index (χ3n) is 4.58. The molecule has 3 atom stereocenters. The number of anilines is 1. The van der Waals surface area contributed by atoms with Crippen molar-refractivity contribution in [3.8, 4) is 5.75 Å². The smallest absolute Gasteiger partial charge is 0.228 e. The van der Waals surface area contributed by atoms with Crippen LogP contribution in [0.3, 0.4) is 0 Å². The van der Waals surface area contributed by atoms with Gasteiger partial charge in [0.15, 0.2) is 0 Å². The predicted molar refractivity (Wildman–Crippen MR) is 90.0 cm³/mol. The van der Waals surface area contributed by atoms with E-state index in [9.17, 15) is 9.59 Å². The zero-order valence-electron chi connectivity index (χ0n) is 14.4. The van der Waals surface area contributed by atoms with Crippen molar-refractivity contribution in [1.82, 2.24) is 4.90 Å². The number of amides is 2. The molecule has 0 bridgehead atoms. The van der Waals surface area contributed by atoms with Crippen molar-refractivity contribution in [2.75, 3.05) is 31.6 Å². The number of para-hydroxylation sites is 2. The largest absolute Gasteiger partial charge is 0.495 e. The van der Waals surface area contributed by atoms with Crippen LogP contribution in [0.1, 0.15) is 20.3 Å². The lowest BCUT2D eigenvalue weighted by Gasteiger charge is -2.36. The lowest BCUT2D eigenvalue weighted by Crippen LogP contribution is -2.50. The molecular formula is C18H24N2O4. The molecule has 6 nitrogen and oxygen atoms in total. The highest BCUT2D eigenvalue weighted by Gasteiger charge is 2.39. The highest BCUT2D eigenvalue weighted by molar-refractivity contribution is 6.01. The first kappa shape index (κ1) is 16.8. The summed E-state index contributed by atoms with van der Waals surface area (Å²) >= 11 is 0. The number of hydrogen-bond acceptors (Lipinski definition) is 4. The van der Waals surface area contributed by atoms with Crippen molar-refractivity contribution in [2.45, 2.75) is 32.5 Å². The Balaban J connectivity index is 1.73. The summed E-state index contributed by atoms with van der Waals surface area (Å²) in [7, 11) is 1.58. The summed E-state index contributed by atoms with van der Waals surface area (Å²) in [6, 6.07) is 7.40. The minimum Gasteiger partial charge on any atom is -0.495 e. The Labute approximate surface area is 142 Å². The molecule has 130 valence electrons. The van der Waals surface area contributed by atoms with Crippen molar-refractivity contribution in [2.24, 2.45) is 5.92 Å². The van der Waals surface area contributed by atoms with Crippen molar-refractivity contribution in [3.63, 3.8) is 0 Å². The van der Waals surface area contributed by atoms with E-state index in [0.29, 0.717) is 25.4 Å². The standard InChI is InChI=1S/C18H24N2O4/c1-12-9-19(10-13(2)24-12)18(22)14-8-17(21)20(11-14)15-6-4-5-7-16(15)23-3/h4-7,12-14H,8-11H2,1-3H3. The van der Waals surface area contributed by atoms with Gasteiger partial charge in [-0.1, -0.05) is 12.1 Å². The molecule has 0 aliphatic carbocycles. The van der Waals surface area contributed by atoms with E-state index in [1.165, 1.54) is 0 Å². The van der Waals surface area contributed by atoms with Crippen LogP contribution in [-0.2, 0) is 14.3 Å². The molecule has 2 aliphatic heterocycles. The normalized spacial score (nSPS) is 27.5. The van der Waals surface area contributed by atoms with E-state index >= 15 is 0 Å². The van der Waals surface area contributed by atoms with Crippen molar-refractivity contribution < 1.29 is 19.1 Å². The summed E-state index contributed by atoms with van der Waals surface area (Å²) < 4.78 is 11.0. The zero-order chi connectivity index (χ0) is 17.3. The van der Waals surface area contributed by atoms with Crippen LogP contribution in [0.5, 0.6) is 5.75 Å². The molecule has 0 radical (unpaired) electrons. The van der Waals surface area contributed by atoms with Gasteiger partial charge in [-0.3, -0.25) is 9.59 Å². The van der Waals surface area contributed by atoms with Gasteiger partial charge in [0, 0.05) is 26.1 Å². The number of nitrogens with zero attached hydrogens (tertiary/aromatic N) is 2. The summed E-state index contributed by atoms with van der Waals surface area (Å²) in [6.07, 6.45) is 0.303. The van der Waals surface area contributed by atoms with Crippen LogP contribution in [0.25, 0.3) is 0 Å². The van der Waals surface area contributed by atoms with Gasteiger partial charge in [0.2, 0.25) is 11.8 Å². The van der Waals surface area contributed by atoms with Gasteiger partial charge in [-0.15, -0.1) is 0 Å². The minimum atomic E-state index is -0.306. The van der Waals surface area contributed by atoms with Gasteiger partial charge in [0.25, 0.3) is 0 Å². The Morgan fingerprint density at radius 3 is 2.50 bits per heavy atom. The quantitative estimate of drug-likeness (QED) is 0.845. The first-order valence-electron chi connectivity index (χ1n) is 8.37. The number of hydrogen-bond donors (Lipinski definition) is 0. The fourth-order valence-corrected chi connectivity index (χ4v) is 3.57. The molecule has 2 saturated heterocycles. The van der Waals surface area contributed by atoms with E-state index in [4.69, 9.17) is 9.47 Å². The van der Waals surface area contributed by atoms with E-state index in [2.05, 4.69) is 0 Å². The first-order chi connectivity index (χ1) is 11.5. The average molecular weight is 332 g/mol. The summed E-state index contributed by atoms with van der Waals surface area (Å²) in [5.74, 6) is 0.349. The van der Waals surface area contributed by atoms with Gasteiger partial charge in [0.1, 0.15) is 5.75 Å². The number of benzene rings is 1. The van der Waals surface area contributed by atoms with Gasteiger partial charge in [-0.05, 0) is 26.0 Å². The highest BCUT2D eigenvalue weighted by atomic mass is 16.5. The fourth-order valence-electron chi connectivity index (χ4n) is 3.57. The van der Waals surface area contributed by atoms with E-state index in [-0.39, 0.29) is 36.4 Å². The number of methoxy groups -OCH3 is 1. The van der Waals surface area contributed by atoms with E-state index in [0.717, 1.165) is 5.69 Å². The van der Waals surface area contributed by atoms with Gasteiger partial charge < -0.3 is 19.3 Å². The number of ether oxygens (including phenoxy) is 2. The Morgan fingerprint density at radius 1 is 1.17 bits per heavy atom. The van der Waals surface area contributed by atoms with Crippen LogP contribution in [-0.4, -0.2) is 55.7 Å². The molecule has 3 unspecified atom stereocenters. The maximum Gasteiger partial charge on any atom is 0.228 e. The molecule has 0 saturated carbocycles. The van der Waals surface area contributed by atoms with Gasteiger partial charge in [0.05, 0.1) is 30.9 Å². The third-order valence-corrected chi connectivity index (χ3v) is 4.58. The number of carbonyl (C=O) groups excluding carboxylic acids is 2. The summed E-state index contributed by atoms with van der Waals surface area (Å²) in [5.41, 5.74) is 0.726. The van der Waals surface area contributed by atoms with Crippen LogP contribution in [0.15, 0.2) is 24.3 Å². The van der Waals surface area contributed by atoms with Crippen molar-refractivity contribution >= 4 is 17.5 Å². The molecule has 0 aromatic heterocycles. The van der Waals surface area contributed by atoms with Crippen LogP contribution in [0, 0.1) is 5.92 Å². The second-order valence-electron chi connectivity index (χ2n) is 6.58. The highest BCUT2D eigenvalue weighted by Crippen LogP contribution is 2.33. The number of rotatable bonds is 3. The van der Waals surface area contributed by atoms with E-state index < -0.39 is 0 Å². The van der Waals surface area contributed by atoms with Crippen LogP contribution in [0.2, 0.25) is 0 Å². The molecule has 2 heterocycles. The summed E-state index contributed by atoms with van der Waals surface area (Å²) in [4.78, 5) is 28.8. The average Bonchev–Trinajstić information content (AvgIpc) is 2.94. The SMILES string of the molecule is COc1ccccc1N1CC(C(=O)N2CC(C)OC(C)C2)CC1=O. The van der Waals surface area contributed by atoms with Gasteiger partial charge >= 0.3 is 0 Å². The van der Waals surface area contributed by atoms with E-state index in [1.54, 1.807) is 12.0 Å². The molecule has 2 fully saturated rings. The van der Waals surface area contributed by atoms with Gasteiger partial charge in [-0.25, -0.2) is 0 Å². The lowest BCUT2D eigenvalue weighted by atomic mass is 10.1. The van der Waals surface area contributed by atoms with Crippen LogP contribution < -0.4 is 9.64 Å². The Morgan fingerprint density at radius 2 is 1.83 bits per heavy atom. The maximum absolute atomic E-state index is 12.8. The molecule has 0 N–H and O–H groups in total. The molecule has 6 heteroatoms. The summed E-state index contributed by atoms with van der Waals surface area (Å²) in [5, 5.41) is 0. The number of morpholine rings is 1. The van der Waals surface area contributed by atoms with Crippen LogP contribution in [0.4, 0.5) is 5.69 Å². The first-order valence-corrected chi connectivity index (χ1v) is 8.37. The minimum absolute atomic E-state index is 0.0279. The molecule has 3 rings (SSSR count). The predicted octanol–water partition coefficient (Wildman–Crippen LogP) is 1.68. The van der Waals surface area contributed by atoms with Gasteiger partial charge in [-0.2, -0.15) is 0 Å². The monoisotopic (exact) mass is 332 g/mol. The Hall–Kier alpha value is -2.08. The summed E-state index contributed by atoms with van der Waals surface area (Å²) in [6.45, 7) is 5.51. The molecule has 2 aliphatic rings. The third kappa shape index (κ3) is 3.24. The Bertz CT molecular complexity index is 623. The number of carbonyl (C=O) groups is 2.